The maximum Gasteiger partial charge on any atom is 0.156 e. The van der Waals surface area contributed by atoms with Gasteiger partial charge in [-0.1, -0.05) is 12.8 Å². The van der Waals surface area contributed by atoms with Crippen LogP contribution in [0, 0.1) is 12.8 Å². The van der Waals surface area contributed by atoms with Crippen molar-refractivity contribution in [3.8, 4) is 0 Å². The number of anilines is 1. The predicted octanol–water partition coefficient (Wildman–Crippen LogP) is 2.14. The number of nitrogens with one attached hydrogen (secondary N) is 1. The molecule has 0 radical (unpaired) electrons. The van der Waals surface area contributed by atoms with E-state index in [1.807, 2.05) is 20.0 Å². The largest absolute Gasteiger partial charge is 0.373 e. The number of hydrogen-bond donors (Lipinski definition) is 1. The van der Waals surface area contributed by atoms with Crippen molar-refractivity contribution in [2.45, 2.75) is 32.8 Å². The van der Waals surface area contributed by atoms with Crippen LogP contribution in [0.15, 0.2) is 6.07 Å². The maximum atomic E-state index is 5.57. The monoisotopic (exact) mass is 221 g/mol. The normalized spacial score (nSPS) is 15.1. The number of rotatable bonds is 6. The molecule has 4 nitrogen and oxygen atoms in total. The molecule has 4 heteroatoms. The first-order valence-corrected chi connectivity index (χ1v) is 5.88. The Morgan fingerprint density at radius 2 is 2.25 bits per heavy atom. The second-order valence-electron chi connectivity index (χ2n) is 4.35. The quantitative estimate of drug-likeness (QED) is 0.748. The summed E-state index contributed by atoms with van der Waals surface area (Å²) in [6.45, 7) is 3.32. The van der Waals surface area contributed by atoms with Crippen molar-refractivity contribution in [2.75, 3.05) is 19.0 Å². The predicted molar refractivity (Wildman–Crippen MR) is 63.3 cm³/mol. The van der Waals surface area contributed by atoms with Crippen LogP contribution in [0.4, 0.5) is 5.82 Å². The van der Waals surface area contributed by atoms with Gasteiger partial charge in [0, 0.05) is 25.4 Å². The minimum atomic E-state index is 0.517. The maximum absolute atomic E-state index is 5.57. The standard InChI is InChI=1S/C12H19N3O/c1-9-7-11(13-2)15-12(14-9)8-16-6-5-10-3-4-10/h7,10H,3-6,8H2,1-2H3,(H,13,14,15). The number of ether oxygens (including phenoxy) is 1. The Balaban J connectivity index is 1.80. The third-order valence-corrected chi connectivity index (χ3v) is 2.76. The van der Waals surface area contributed by atoms with Gasteiger partial charge in [0.25, 0.3) is 0 Å². The zero-order valence-corrected chi connectivity index (χ0v) is 9.99. The van der Waals surface area contributed by atoms with E-state index in [1.54, 1.807) is 0 Å². The average molecular weight is 221 g/mol. The Labute approximate surface area is 96.4 Å². The molecule has 2 rings (SSSR count). The van der Waals surface area contributed by atoms with Gasteiger partial charge in [0.1, 0.15) is 12.4 Å². The van der Waals surface area contributed by atoms with E-state index in [4.69, 9.17) is 4.74 Å². The molecule has 1 aromatic rings. The Morgan fingerprint density at radius 3 is 2.94 bits per heavy atom. The molecule has 88 valence electrons. The van der Waals surface area contributed by atoms with Gasteiger partial charge in [-0.15, -0.1) is 0 Å². The van der Waals surface area contributed by atoms with Gasteiger partial charge in [-0.2, -0.15) is 0 Å². The molecule has 0 aromatic carbocycles. The highest BCUT2D eigenvalue weighted by molar-refractivity contribution is 5.34. The van der Waals surface area contributed by atoms with Gasteiger partial charge in [-0.05, 0) is 19.3 Å². The Hall–Kier alpha value is -1.16. The summed E-state index contributed by atoms with van der Waals surface area (Å²) in [6, 6.07) is 1.92. The summed E-state index contributed by atoms with van der Waals surface area (Å²) in [5, 5.41) is 3.02. The molecule has 1 fully saturated rings. The molecule has 0 saturated heterocycles. The van der Waals surface area contributed by atoms with Crippen LogP contribution < -0.4 is 5.32 Å². The summed E-state index contributed by atoms with van der Waals surface area (Å²) < 4.78 is 5.57. The van der Waals surface area contributed by atoms with Crippen molar-refractivity contribution in [2.24, 2.45) is 5.92 Å². The molecule has 0 unspecified atom stereocenters. The molecule has 1 aliphatic rings. The van der Waals surface area contributed by atoms with Crippen LogP contribution in [0.2, 0.25) is 0 Å². The van der Waals surface area contributed by atoms with Gasteiger partial charge in [-0.3, -0.25) is 0 Å². The summed E-state index contributed by atoms with van der Waals surface area (Å²) in [4.78, 5) is 8.68. The van der Waals surface area contributed by atoms with E-state index >= 15 is 0 Å². The first-order chi connectivity index (χ1) is 7.78. The van der Waals surface area contributed by atoms with Crippen molar-refractivity contribution < 1.29 is 4.74 Å². The van der Waals surface area contributed by atoms with Gasteiger partial charge in [0.15, 0.2) is 5.82 Å². The van der Waals surface area contributed by atoms with Crippen molar-refractivity contribution in [1.82, 2.24) is 9.97 Å². The fourth-order valence-corrected chi connectivity index (χ4v) is 1.64. The minimum absolute atomic E-state index is 0.517. The Kier molecular flexibility index (Phi) is 3.72. The second kappa shape index (κ2) is 5.25. The van der Waals surface area contributed by atoms with Crippen LogP contribution >= 0.6 is 0 Å². The first-order valence-electron chi connectivity index (χ1n) is 5.88. The van der Waals surface area contributed by atoms with Crippen molar-refractivity contribution in [3.05, 3.63) is 17.6 Å². The SMILES string of the molecule is CNc1cc(C)nc(COCCC2CC2)n1. The molecular formula is C12H19N3O. The van der Waals surface area contributed by atoms with E-state index in [2.05, 4.69) is 15.3 Å². The first kappa shape index (κ1) is 11.3. The molecule has 1 aromatic heterocycles. The molecule has 0 spiro atoms. The molecule has 1 aliphatic carbocycles. The third kappa shape index (κ3) is 3.45. The van der Waals surface area contributed by atoms with Crippen LogP contribution in [0.25, 0.3) is 0 Å². The van der Waals surface area contributed by atoms with E-state index in [-0.39, 0.29) is 0 Å². The summed E-state index contributed by atoms with van der Waals surface area (Å²) in [6.07, 6.45) is 3.95. The van der Waals surface area contributed by atoms with Crippen LogP contribution in [-0.4, -0.2) is 23.6 Å². The van der Waals surface area contributed by atoms with E-state index < -0.39 is 0 Å². The van der Waals surface area contributed by atoms with Crippen LogP contribution in [0.5, 0.6) is 0 Å². The minimum Gasteiger partial charge on any atom is -0.373 e. The third-order valence-electron chi connectivity index (χ3n) is 2.76. The van der Waals surface area contributed by atoms with Crippen molar-refractivity contribution in [1.29, 1.82) is 0 Å². The summed E-state index contributed by atoms with van der Waals surface area (Å²) >= 11 is 0. The highest BCUT2D eigenvalue weighted by atomic mass is 16.5. The molecular weight excluding hydrogens is 202 g/mol. The Morgan fingerprint density at radius 1 is 1.44 bits per heavy atom. The van der Waals surface area contributed by atoms with Gasteiger partial charge in [-0.25, -0.2) is 9.97 Å². The zero-order chi connectivity index (χ0) is 11.4. The van der Waals surface area contributed by atoms with E-state index in [0.717, 1.165) is 29.9 Å². The fraction of sp³-hybridized carbons (Fsp3) is 0.667. The topological polar surface area (TPSA) is 47.0 Å². The number of hydrogen-bond acceptors (Lipinski definition) is 4. The second-order valence-corrected chi connectivity index (χ2v) is 4.35. The molecule has 0 amide bonds. The Bertz CT molecular complexity index is 350. The lowest BCUT2D eigenvalue weighted by Gasteiger charge is -2.06. The van der Waals surface area contributed by atoms with Gasteiger partial charge in [0.2, 0.25) is 0 Å². The molecule has 1 heterocycles. The zero-order valence-electron chi connectivity index (χ0n) is 9.99. The lowest BCUT2D eigenvalue weighted by atomic mass is 10.3. The molecule has 1 saturated carbocycles. The number of aryl methyl sites for hydroxylation is 1. The summed E-state index contributed by atoms with van der Waals surface area (Å²) in [5.74, 6) is 2.54. The van der Waals surface area contributed by atoms with Gasteiger partial charge in [0.05, 0.1) is 0 Å². The summed E-state index contributed by atoms with van der Waals surface area (Å²) in [7, 11) is 1.86. The highest BCUT2D eigenvalue weighted by Crippen LogP contribution is 2.32. The number of aromatic nitrogens is 2. The van der Waals surface area contributed by atoms with Crippen LogP contribution in [-0.2, 0) is 11.3 Å². The average Bonchev–Trinajstić information content (AvgIpc) is 3.07. The fourth-order valence-electron chi connectivity index (χ4n) is 1.64. The van der Waals surface area contributed by atoms with Crippen LogP contribution in [0.3, 0.4) is 0 Å². The van der Waals surface area contributed by atoms with E-state index in [9.17, 15) is 0 Å². The smallest absolute Gasteiger partial charge is 0.156 e. The van der Waals surface area contributed by atoms with Crippen LogP contribution in [0.1, 0.15) is 30.8 Å². The van der Waals surface area contributed by atoms with Gasteiger partial charge >= 0.3 is 0 Å². The van der Waals surface area contributed by atoms with Crippen molar-refractivity contribution >= 4 is 5.82 Å². The molecule has 0 aliphatic heterocycles. The van der Waals surface area contributed by atoms with Gasteiger partial charge < -0.3 is 10.1 Å². The number of nitrogens with zero attached hydrogens (tertiary/aromatic N) is 2. The van der Waals surface area contributed by atoms with Crippen molar-refractivity contribution in [3.63, 3.8) is 0 Å². The molecule has 0 bridgehead atoms. The van der Waals surface area contributed by atoms with E-state index in [1.165, 1.54) is 19.3 Å². The molecule has 1 N–H and O–H groups in total. The lowest BCUT2D eigenvalue weighted by molar-refractivity contribution is 0.110. The summed E-state index contributed by atoms with van der Waals surface area (Å²) in [5.41, 5.74) is 0.972. The lowest BCUT2D eigenvalue weighted by Crippen LogP contribution is -2.04. The molecule has 16 heavy (non-hydrogen) atoms. The highest BCUT2D eigenvalue weighted by Gasteiger charge is 2.20. The molecule has 0 atom stereocenters. The van der Waals surface area contributed by atoms with E-state index in [0.29, 0.717) is 6.61 Å².